The normalized spacial score (nSPS) is 24.3. The third-order valence-electron chi connectivity index (χ3n) is 3.08. The van der Waals surface area contributed by atoms with Gasteiger partial charge in [0.25, 0.3) is 0 Å². The van der Waals surface area contributed by atoms with E-state index in [0.717, 1.165) is 0 Å². The molecule has 1 heterocycles. The molecule has 1 aliphatic heterocycles. The molecule has 0 spiro atoms. The Morgan fingerprint density at radius 3 is 2.45 bits per heavy atom. The van der Waals surface area contributed by atoms with Crippen LogP contribution in [0.5, 0.6) is 0 Å². The highest BCUT2D eigenvalue weighted by atomic mass is 35.5. The summed E-state index contributed by atoms with van der Waals surface area (Å²) >= 11 is 5.90. The number of hydrogen-bond acceptors (Lipinski definition) is 4. The zero-order chi connectivity index (χ0) is 14.9. The van der Waals surface area contributed by atoms with Crippen LogP contribution in [0, 0.1) is 11.3 Å². The number of hydrogen-bond donors (Lipinski definition) is 0. The van der Waals surface area contributed by atoms with E-state index in [1.54, 1.807) is 0 Å². The molecule has 0 N–H and O–H groups in total. The molecule has 0 radical (unpaired) electrons. The number of halogens is 1. The van der Waals surface area contributed by atoms with Crippen molar-refractivity contribution in [1.29, 1.82) is 5.26 Å². The van der Waals surface area contributed by atoms with Crippen molar-refractivity contribution >= 4 is 21.6 Å². The van der Waals surface area contributed by atoms with Gasteiger partial charge in [-0.1, -0.05) is 11.6 Å². The average Bonchev–Trinajstić information content (AvgIpc) is 2.37. The molecule has 1 aliphatic rings. The third kappa shape index (κ3) is 2.96. The van der Waals surface area contributed by atoms with Crippen molar-refractivity contribution in [2.75, 3.05) is 13.1 Å². The highest BCUT2D eigenvalue weighted by molar-refractivity contribution is 7.89. The predicted octanol–water partition coefficient (Wildman–Crippen LogP) is 2.01. The largest absolute Gasteiger partial charge is 0.373 e. The Kier molecular flexibility index (Phi) is 4.35. The Hall–Kier alpha value is -1.13. The maximum Gasteiger partial charge on any atom is 0.243 e. The van der Waals surface area contributed by atoms with E-state index < -0.39 is 10.0 Å². The van der Waals surface area contributed by atoms with Crippen molar-refractivity contribution < 1.29 is 13.2 Å². The number of benzene rings is 1. The fourth-order valence-electron chi connectivity index (χ4n) is 2.22. The van der Waals surface area contributed by atoms with E-state index in [0.29, 0.717) is 13.1 Å². The van der Waals surface area contributed by atoms with Crippen molar-refractivity contribution in [3.05, 3.63) is 28.8 Å². The molecule has 108 valence electrons. The van der Waals surface area contributed by atoms with E-state index in [4.69, 9.17) is 21.6 Å². The van der Waals surface area contributed by atoms with Gasteiger partial charge in [0.15, 0.2) is 0 Å². The standard InChI is InChI=1S/C13H15ClN2O3S/c1-9-7-16(8-10(2)19-9)20(17,18)12-4-3-11(6-15)13(14)5-12/h3-5,9-10H,7-8H2,1-2H3/t9-,10-/m1/s1. The summed E-state index contributed by atoms with van der Waals surface area (Å²) in [6, 6.07) is 6.05. The predicted molar refractivity (Wildman–Crippen MR) is 74.9 cm³/mol. The van der Waals surface area contributed by atoms with E-state index in [1.165, 1.54) is 22.5 Å². The molecule has 1 fully saturated rings. The van der Waals surface area contributed by atoms with Crippen molar-refractivity contribution in [1.82, 2.24) is 4.31 Å². The lowest BCUT2D eigenvalue weighted by atomic mass is 10.2. The van der Waals surface area contributed by atoms with E-state index in [-0.39, 0.29) is 27.7 Å². The Bertz CT molecular complexity index is 644. The van der Waals surface area contributed by atoms with E-state index in [1.807, 2.05) is 19.9 Å². The summed E-state index contributed by atoms with van der Waals surface area (Å²) in [6.07, 6.45) is -0.301. The van der Waals surface area contributed by atoms with Gasteiger partial charge in [-0.2, -0.15) is 9.57 Å². The van der Waals surface area contributed by atoms with Gasteiger partial charge in [-0.15, -0.1) is 0 Å². The lowest BCUT2D eigenvalue weighted by molar-refractivity contribution is -0.0440. The first-order chi connectivity index (χ1) is 9.34. The molecule has 1 aromatic rings. The molecule has 2 rings (SSSR count). The Balaban J connectivity index is 2.35. The van der Waals surface area contributed by atoms with Crippen LogP contribution in [0.4, 0.5) is 0 Å². The molecule has 2 atom stereocenters. The zero-order valence-corrected chi connectivity index (χ0v) is 12.8. The van der Waals surface area contributed by atoms with E-state index >= 15 is 0 Å². The number of nitrogens with zero attached hydrogens (tertiary/aromatic N) is 2. The minimum absolute atomic E-state index is 0.0998. The summed E-state index contributed by atoms with van der Waals surface area (Å²) in [6.45, 7) is 4.29. The molecule has 0 aliphatic carbocycles. The van der Waals surface area contributed by atoms with E-state index in [2.05, 4.69) is 0 Å². The molecule has 1 saturated heterocycles. The number of morpholine rings is 1. The first-order valence-electron chi connectivity index (χ1n) is 6.20. The summed E-state index contributed by atoms with van der Waals surface area (Å²) in [5.41, 5.74) is 0.259. The lowest BCUT2D eigenvalue weighted by Gasteiger charge is -2.34. The molecule has 0 aromatic heterocycles. The van der Waals surface area contributed by atoms with Gasteiger partial charge in [0.05, 0.1) is 27.7 Å². The van der Waals surface area contributed by atoms with Gasteiger partial charge < -0.3 is 4.74 Å². The summed E-state index contributed by atoms with van der Waals surface area (Å²) in [5.74, 6) is 0. The summed E-state index contributed by atoms with van der Waals surface area (Å²) < 4.78 is 32.0. The second-order valence-corrected chi connectivity index (χ2v) is 7.18. The quantitative estimate of drug-likeness (QED) is 0.837. The fourth-order valence-corrected chi connectivity index (χ4v) is 4.13. The van der Waals surface area contributed by atoms with Gasteiger partial charge in [-0.25, -0.2) is 8.42 Å². The van der Waals surface area contributed by atoms with Crippen LogP contribution in [0.2, 0.25) is 5.02 Å². The van der Waals surface area contributed by atoms with Crippen LogP contribution in [0.15, 0.2) is 23.1 Å². The van der Waals surface area contributed by atoms with Crippen LogP contribution in [-0.2, 0) is 14.8 Å². The lowest BCUT2D eigenvalue weighted by Crippen LogP contribution is -2.48. The molecular formula is C13H15ClN2O3S. The molecule has 0 amide bonds. The van der Waals surface area contributed by atoms with Crippen LogP contribution < -0.4 is 0 Å². The molecule has 0 bridgehead atoms. The van der Waals surface area contributed by atoms with Crippen molar-refractivity contribution in [2.24, 2.45) is 0 Å². The van der Waals surface area contributed by atoms with Crippen molar-refractivity contribution in [2.45, 2.75) is 31.0 Å². The van der Waals surface area contributed by atoms with Gasteiger partial charge in [-0.05, 0) is 32.0 Å². The van der Waals surface area contributed by atoms with Crippen LogP contribution in [-0.4, -0.2) is 38.0 Å². The minimum atomic E-state index is -3.62. The molecule has 1 aromatic carbocycles. The summed E-state index contributed by atoms with van der Waals surface area (Å²) in [5, 5.41) is 8.96. The van der Waals surface area contributed by atoms with Crippen LogP contribution in [0.25, 0.3) is 0 Å². The van der Waals surface area contributed by atoms with Crippen molar-refractivity contribution in [3.8, 4) is 6.07 Å². The molecule has 5 nitrogen and oxygen atoms in total. The second-order valence-electron chi connectivity index (χ2n) is 4.83. The van der Waals surface area contributed by atoms with Gasteiger partial charge in [0.2, 0.25) is 10.0 Å². The minimum Gasteiger partial charge on any atom is -0.373 e. The molecular weight excluding hydrogens is 300 g/mol. The maximum absolute atomic E-state index is 12.6. The summed E-state index contributed by atoms with van der Waals surface area (Å²) in [4.78, 5) is 0.0998. The summed E-state index contributed by atoms with van der Waals surface area (Å²) in [7, 11) is -3.62. The monoisotopic (exact) mass is 314 g/mol. The fraction of sp³-hybridized carbons (Fsp3) is 0.462. The second kappa shape index (κ2) is 5.70. The highest BCUT2D eigenvalue weighted by Crippen LogP contribution is 2.25. The van der Waals surface area contributed by atoms with Gasteiger partial charge in [0, 0.05) is 13.1 Å². The van der Waals surface area contributed by atoms with Crippen LogP contribution in [0.3, 0.4) is 0 Å². The zero-order valence-electron chi connectivity index (χ0n) is 11.2. The molecule has 7 heteroatoms. The number of rotatable bonds is 2. The number of sulfonamides is 1. The average molecular weight is 315 g/mol. The van der Waals surface area contributed by atoms with Crippen molar-refractivity contribution in [3.63, 3.8) is 0 Å². The highest BCUT2D eigenvalue weighted by Gasteiger charge is 2.32. The topological polar surface area (TPSA) is 70.4 Å². The number of nitriles is 1. The smallest absolute Gasteiger partial charge is 0.243 e. The SMILES string of the molecule is C[C@@H]1CN(S(=O)(=O)c2ccc(C#N)c(Cl)c2)C[C@@H](C)O1. The van der Waals surface area contributed by atoms with Crippen LogP contribution in [0.1, 0.15) is 19.4 Å². The first kappa shape index (κ1) is 15.3. The Labute approximate surface area is 123 Å². The van der Waals surface area contributed by atoms with Crippen LogP contribution >= 0.6 is 11.6 Å². The van der Waals surface area contributed by atoms with Gasteiger partial charge in [0.1, 0.15) is 6.07 Å². The first-order valence-corrected chi connectivity index (χ1v) is 8.01. The molecule has 20 heavy (non-hydrogen) atoms. The third-order valence-corrected chi connectivity index (χ3v) is 5.23. The Morgan fingerprint density at radius 1 is 1.35 bits per heavy atom. The van der Waals surface area contributed by atoms with Gasteiger partial charge >= 0.3 is 0 Å². The van der Waals surface area contributed by atoms with E-state index in [9.17, 15) is 8.42 Å². The number of ether oxygens (including phenoxy) is 1. The molecule has 0 unspecified atom stereocenters. The van der Waals surface area contributed by atoms with Gasteiger partial charge in [-0.3, -0.25) is 0 Å². The molecule has 0 saturated carbocycles. The Morgan fingerprint density at radius 2 is 1.95 bits per heavy atom. The maximum atomic E-state index is 12.6.